The second kappa shape index (κ2) is 15.9. The standard InChI is InChI=1S/C28H37N5O6/c1-19(30-25(35)17-14-20-10-6-4-7-11-20)26(36)32-23(18-21-12-8-5-9-13-21)27(37)31-22(15-16-24(29)34)28(38)33(2)39-3/h4-13,19,22-23H,14-18H2,1-3H3,(H2,29,34)(H,30,35)(H,31,37)(H,32,36)/t19-,22-,23-/m0/s1. The highest BCUT2D eigenvalue weighted by molar-refractivity contribution is 5.94. The predicted octanol–water partition coefficient (Wildman–Crippen LogP) is 0.622. The van der Waals surface area contributed by atoms with Gasteiger partial charge in [0.25, 0.3) is 5.91 Å². The van der Waals surface area contributed by atoms with E-state index in [9.17, 15) is 24.0 Å². The molecule has 5 N–H and O–H groups in total. The first-order valence-corrected chi connectivity index (χ1v) is 12.7. The second-order valence-electron chi connectivity index (χ2n) is 9.11. The summed E-state index contributed by atoms with van der Waals surface area (Å²) in [5, 5.41) is 8.89. The molecule has 39 heavy (non-hydrogen) atoms. The van der Waals surface area contributed by atoms with Crippen LogP contribution in [0.15, 0.2) is 60.7 Å². The minimum absolute atomic E-state index is 0.0481. The fraction of sp³-hybridized carbons (Fsp3) is 0.393. The number of nitrogens with one attached hydrogen (secondary N) is 3. The Balaban J connectivity index is 2.10. The van der Waals surface area contributed by atoms with Gasteiger partial charge in [-0.25, -0.2) is 5.06 Å². The topological polar surface area (TPSA) is 160 Å². The fourth-order valence-corrected chi connectivity index (χ4v) is 3.76. The first-order valence-electron chi connectivity index (χ1n) is 12.7. The Morgan fingerprint density at radius 1 is 0.821 bits per heavy atom. The maximum absolute atomic E-state index is 13.3. The van der Waals surface area contributed by atoms with Crippen LogP contribution in [0, 0.1) is 0 Å². The molecule has 0 spiro atoms. The van der Waals surface area contributed by atoms with Crippen LogP contribution in [0.1, 0.15) is 37.3 Å². The van der Waals surface area contributed by atoms with Gasteiger partial charge < -0.3 is 21.7 Å². The monoisotopic (exact) mass is 539 g/mol. The summed E-state index contributed by atoms with van der Waals surface area (Å²) in [7, 11) is 2.66. The highest BCUT2D eigenvalue weighted by atomic mass is 16.7. The molecule has 0 unspecified atom stereocenters. The number of hydroxylamine groups is 2. The van der Waals surface area contributed by atoms with Crippen molar-refractivity contribution < 1.29 is 28.8 Å². The van der Waals surface area contributed by atoms with E-state index in [0.29, 0.717) is 6.42 Å². The number of rotatable bonds is 15. The van der Waals surface area contributed by atoms with Crippen LogP contribution in [-0.2, 0) is 41.7 Å². The fourth-order valence-electron chi connectivity index (χ4n) is 3.76. The molecule has 210 valence electrons. The molecule has 2 aromatic rings. The number of hydrogen-bond acceptors (Lipinski definition) is 6. The van der Waals surface area contributed by atoms with E-state index < -0.39 is 41.8 Å². The molecular formula is C28H37N5O6. The van der Waals surface area contributed by atoms with Gasteiger partial charge in [0.1, 0.15) is 18.1 Å². The zero-order chi connectivity index (χ0) is 28.8. The molecule has 11 nitrogen and oxygen atoms in total. The van der Waals surface area contributed by atoms with Crippen LogP contribution >= 0.6 is 0 Å². The lowest BCUT2D eigenvalue weighted by atomic mass is 10.0. The highest BCUT2D eigenvalue weighted by Crippen LogP contribution is 2.08. The average molecular weight is 540 g/mol. The summed E-state index contributed by atoms with van der Waals surface area (Å²) in [5.74, 6) is -2.72. The van der Waals surface area contributed by atoms with Gasteiger partial charge in [0.2, 0.25) is 23.6 Å². The molecule has 0 aromatic heterocycles. The number of nitrogens with two attached hydrogens (primary N) is 1. The van der Waals surface area contributed by atoms with Crippen LogP contribution in [-0.4, -0.2) is 66.9 Å². The smallest absolute Gasteiger partial charge is 0.268 e. The van der Waals surface area contributed by atoms with E-state index in [1.165, 1.54) is 21.1 Å². The quantitative estimate of drug-likeness (QED) is 0.243. The van der Waals surface area contributed by atoms with Gasteiger partial charge in [-0.05, 0) is 30.9 Å². The molecule has 0 fully saturated rings. The third-order valence-electron chi connectivity index (χ3n) is 6.05. The van der Waals surface area contributed by atoms with E-state index in [1.54, 1.807) is 24.3 Å². The van der Waals surface area contributed by atoms with Crippen molar-refractivity contribution in [3.63, 3.8) is 0 Å². The number of hydrogen-bond donors (Lipinski definition) is 4. The summed E-state index contributed by atoms with van der Waals surface area (Å²) in [5.41, 5.74) is 7.01. The summed E-state index contributed by atoms with van der Waals surface area (Å²) in [6, 6.07) is 15.4. The maximum Gasteiger partial charge on any atom is 0.268 e. The number of benzene rings is 2. The predicted molar refractivity (Wildman–Crippen MR) is 145 cm³/mol. The minimum Gasteiger partial charge on any atom is -0.370 e. The van der Waals surface area contributed by atoms with Crippen LogP contribution in [0.25, 0.3) is 0 Å². The van der Waals surface area contributed by atoms with Gasteiger partial charge in [0, 0.05) is 26.3 Å². The van der Waals surface area contributed by atoms with Crippen molar-refractivity contribution in [2.45, 2.75) is 57.2 Å². The third-order valence-corrected chi connectivity index (χ3v) is 6.05. The van der Waals surface area contributed by atoms with E-state index >= 15 is 0 Å². The Morgan fingerprint density at radius 2 is 1.38 bits per heavy atom. The second-order valence-corrected chi connectivity index (χ2v) is 9.11. The summed E-state index contributed by atoms with van der Waals surface area (Å²) in [4.78, 5) is 67.7. The van der Waals surface area contributed by atoms with Gasteiger partial charge in [-0.2, -0.15) is 0 Å². The van der Waals surface area contributed by atoms with Gasteiger partial charge in [-0.15, -0.1) is 0 Å². The van der Waals surface area contributed by atoms with Crippen LogP contribution in [0.2, 0.25) is 0 Å². The normalized spacial score (nSPS) is 12.9. The summed E-state index contributed by atoms with van der Waals surface area (Å²) < 4.78 is 0. The van der Waals surface area contributed by atoms with E-state index in [2.05, 4.69) is 16.0 Å². The molecule has 0 aliphatic carbocycles. The lowest BCUT2D eigenvalue weighted by molar-refractivity contribution is -0.172. The first kappa shape index (κ1) is 31.0. The Hall–Kier alpha value is -4.25. The van der Waals surface area contributed by atoms with Gasteiger partial charge in [0.15, 0.2) is 0 Å². The third kappa shape index (κ3) is 10.9. The molecule has 2 aromatic carbocycles. The van der Waals surface area contributed by atoms with Gasteiger partial charge >= 0.3 is 0 Å². The molecule has 0 bridgehead atoms. The Labute approximate surface area is 228 Å². The number of carbonyl (C=O) groups excluding carboxylic acids is 5. The van der Waals surface area contributed by atoms with Crippen molar-refractivity contribution in [2.75, 3.05) is 14.2 Å². The van der Waals surface area contributed by atoms with E-state index in [-0.39, 0.29) is 31.6 Å². The van der Waals surface area contributed by atoms with Crippen LogP contribution in [0.4, 0.5) is 0 Å². The minimum atomic E-state index is -1.11. The van der Waals surface area contributed by atoms with Gasteiger partial charge in [-0.1, -0.05) is 60.7 Å². The number of nitrogens with zero attached hydrogens (tertiary/aromatic N) is 1. The number of likely N-dealkylation sites (N-methyl/N-ethyl adjacent to an activating group) is 1. The molecule has 3 atom stereocenters. The Bertz CT molecular complexity index is 1110. The van der Waals surface area contributed by atoms with Crippen molar-refractivity contribution in [1.82, 2.24) is 21.0 Å². The zero-order valence-corrected chi connectivity index (χ0v) is 22.5. The molecule has 0 saturated carbocycles. The van der Waals surface area contributed by atoms with Crippen molar-refractivity contribution >= 4 is 29.5 Å². The molecular weight excluding hydrogens is 502 g/mol. The van der Waals surface area contributed by atoms with Crippen molar-refractivity contribution in [3.8, 4) is 0 Å². The van der Waals surface area contributed by atoms with Crippen LogP contribution in [0.3, 0.4) is 0 Å². The SMILES string of the molecule is CON(C)C(=O)[C@H](CCC(N)=O)NC(=O)[C@H](Cc1ccccc1)NC(=O)[C@H](C)NC(=O)CCc1ccccc1. The number of amides is 5. The molecule has 2 rings (SSSR count). The molecule has 0 radical (unpaired) electrons. The first-order chi connectivity index (χ1) is 18.6. The molecule has 11 heteroatoms. The Kier molecular flexibility index (Phi) is 12.6. The van der Waals surface area contributed by atoms with Gasteiger partial charge in [-0.3, -0.25) is 28.8 Å². The summed E-state index contributed by atoms with van der Waals surface area (Å²) in [6.07, 6.45) is 0.663. The van der Waals surface area contributed by atoms with Crippen molar-refractivity contribution in [2.24, 2.45) is 5.73 Å². The van der Waals surface area contributed by atoms with E-state index in [4.69, 9.17) is 10.6 Å². The summed E-state index contributed by atoms with van der Waals surface area (Å²) in [6.45, 7) is 1.53. The van der Waals surface area contributed by atoms with E-state index in [0.717, 1.165) is 16.2 Å². The lowest BCUT2D eigenvalue weighted by Crippen LogP contribution is -2.57. The van der Waals surface area contributed by atoms with Crippen molar-refractivity contribution in [3.05, 3.63) is 71.8 Å². The number of primary amides is 1. The number of aryl methyl sites for hydroxylation is 1. The Morgan fingerprint density at radius 3 is 1.95 bits per heavy atom. The zero-order valence-electron chi connectivity index (χ0n) is 22.5. The van der Waals surface area contributed by atoms with Crippen LogP contribution in [0.5, 0.6) is 0 Å². The molecule has 0 aliphatic rings. The van der Waals surface area contributed by atoms with E-state index in [1.807, 2.05) is 36.4 Å². The molecule has 0 aliphatic heterocycles. The largest absolute Gasteiger partial charge is 0.370 e. The van der Waals surface area contributed by atoms with Gasteiger partial charge in [0.05, 0.1) is 7.11 Å². The lowest BCUT2D eigenvalue weighted by Gasteiger charge is -2.26. The summed E-state index contributed by atoms with van der Waals surface area (Å²) >= 11 is 0. The highest BCUT2D eigenvalue weighted by Gasteiger charge is 2.30. The molecule has 5 amide bonds. The maximum atomic E-state index is 13.3. The molecule has 0 heterocycles. The number of carbonyl (C=O) groups is 5. The molecule has 0 saturated heterocycles. The average Bonchev–Trinajstić information content (AvgIpc) is 2.93. The van der Waals surface area contributed by atoms with Crippen molar-refractivity contribution in [1.29, 1.82) is 0 Å². The van der Waals surface area contributed by atoms with Crippen LogP contribution < -0.4 is 21.7 Å².